The summed E-state index contributed by atoms with van der Waals surface area (Å²) in [5.41, 5.74) is 3.42. The van der Waals surface area contributed by atoms with Crippen molar-refractivity contribution in [3.8, 4) is 11.7 Å². The lowest BCUT2D eigenvalue weighted by atomic mass is 9.86. The van der Waals surface area contributed by atoms with Crippen molar-refractivity contribution in [2.45, 2.75) is 32.7 Å². The van der Waals surface area contributed by atoms with E-state index in [2.05, 4.69) is 54.5 Å². The van der Waals surface area contributed by atoms with Crippen LogP contribution in [0, 0.1) is 0 Å². The quantitative estimate of drug-likeness (QED) is 0.759. The van der Waals surface area contributed by atoms with E-state index in [0.29, 0.717) is 12.6 Å². The number of hydrogen-bond donors (Lipinski definition) is 1. The number of nitrogens with zero attached hydrogens (tertiary/aromatic N) is 3. The highest BCUT2D eigenvalue weighted by atomic mass is 16.5. The molecule has 1 aromatic heterocycles. The van der Waals surface area contributed by atoms with E-state index in [0.717, 1.165) is 17.2 Å². The molecule has 0 spiro atoms. The smallest absolute Gasteiger partial charge is 0.321 e. The van der Waals surface area contributed by atoms with Crippen molar-refractivity contribution >= 4 is 5.69 Å². The Morgan fingerprint density at radius 2 is 1.64 bits per heavy atom. The Kier molecular flexibility index (Phi) is 4.74. The van der Waals surface area contributed by atoms with Gasteiger partial charge in [-0.25, -0.2) is 4.57 Å². The molecule has 25 heavy (non-hydrogen) atoms. The van der Waals surface area contributed by atoms with Crippen LogP contribution in [0.5, 0.6) is 6.01 Å². The maximum Gasteiger partial charge on any atom is 0.321 e. The number of benzene rings is 2. The van der Waals surface area contributed by atoms with E-state index in [1.807, 2.05) is 41.0 Å². The van der Waals surface area contributed by atoms with E-state index in [1.54, 1.807) is 7.11 Å². The predicted octanol–water partition coefficient (Wildman–Crippen LogP) is 4.19. The molecule has 0 bridgehead atoms. The van der Waals surface area contributed by atoms with Gasteiger partial charge >= 0.3 is 6.01 Å². The first-order chi connectivity index (χ1) is 12.0. The maximum absolute atomic E-state index is 5.37. The third-order valence-corrected chi connectivity index (χ3v) is 4.07. The SMILES string of the molecule is COc1nnc(CNc2ccccc2C(C)(C)C)n1-c1ccccc1. The number of ether oxygens (including phenoxy) is 1. The zero-order valence-electron chi connectivity index (χ0n) is 15.2. The number of aromatic nitrogens is 3. The fourth-order valence-electron chi connectivity index (χ4n) is 2.85. The Labute approximate surface area is 148 Å². The van der Waals surface area contributed by atoms with Gasteiger partial charge in [-0.15, -0.1) is 5.10 Å². The molecule has 5 nitrogen and oxygen atoms in total. The summed E-state index contributed by atoms with van der Waals surface area (Å²) < 4.78 is 7.30. The average molecular weight is 336 g/mol. The second kappa shape index (κ2) is 6.97. The Hall–Kier alpha value is -2.82. The summed E-state index contributed by atoms with van der Waals surface area (Å²) >= 11 is 0. The van der Waals surface area contributed by atoms with Gasteiger partial charge in [-0.05, 0) is 29.2 Å². The fraction of sp³-hybridized carbons (Fsp3) is 0.300. The molecule has 1 heterocycles. The Bertz CT molecular complexity index is 834. The number of nitrogens with one attached hydrogen (secondary N) is 1. The minimum atomic E-state index is 0.0639. The molecule has 0 aliphatic heterocycles. The molecule has 2 aromatic carbocycles. The van der Waals surface area contributed by atoms with Gasteiger partial charge in [0.1, 0.15) is 0 Å². The summed E-state index contributed by atoms with van der Waals surface area (Å²) in [6, 6.07) is 18.8. The molecule has 3 rings (SSSR count). The Morgan fingerprint density at radius 1 is 0.960 bits per heavy atom. The van der Waals surface area contributed by atoms with E-state index in [-0.39, 0.29) is 5.41 Å². The van der Waals surface area contributed by atoms with Crippen LogP contribution in [0.1, 0.15) is 32.2 Å². The molecule has 0 unspecified atom stereocenters. The number of anilines is 1. The molecule has 5 heteroatoms. The minimum Gasteiger partial charge on any atom is -0.467 e. The van der Waals surface area contributed by atoms with Crippen LogP contribution in [0.25, 0.3) is 5.69 Å². The van der Waals surface area contributed by atoms with Crippen molar-refractivity contribution in [1.29, 1.82) is 0 Å². The second-order valence-electron chi connectivity index (χ2n) is 6.92. The van der Waals surface area contributed by atoms with Crippen molar-refractivity contribution in [3.63, 3.8) is 0 Å². The first-order valence-electron chi connectivity index (χ1n) is 8.38. The number of hydrogen-bond acceptors (Lipinski definition) is 4. The summed E-state index contributed by atoms with van der Waals surface area (Å²) in [5, 5.41) is 11.9. The lowest BCUT2D eigenvalue weighted by Crippen LogP contribution is -2.16. The molecule has 3 aromatic rings. The van der Waals surface area contributed by atoms with E-state index in [4.69, 9.17) is 4.74 Å². The monoisotopic (exact) mass is 336 g/mol. The Balaban J connectivity index is 1.90. The van der Waals surface area contributed by atoms with E-state index >= 15 is 0 Å². The van der Waals surface area contributed by atoms with Gasteiger partial charge < -0.3 is 10.1 Å². The van der Waals surface area contributed by atoms with E-state index in [9.17, 15) is 0 Å². The molecule has 1 N–H and O–H groups in total. The van der Waals surface area contributed by atoms with Gasteiger partial charge in [0.2, 0.25) is 0 Å². The van der Waals surface area contributed by atoms with Crippen LogP contribution in [-0.4, -0.2) is 21.9 Å². The molecule has 130 valence electrons. The van der Waals surface area contributed by atoms with Crippen molar-refractivity contribution in [1.82, 2.24) is 14.8 Å². The van der Waals surface area contributed by atoms with Crippen molar-refractivity contribution in [2.24, 2.45) is 0 Å². The summed E-state index contributed by atoms with van der Waals surface area (Å²) in [4.78, 5) is 0. The maximum atomic E-state index is 5.37. The standard InChI is InChI=1S/C20H24N4O/c1-20(2,3)16-12-8-9-13-17(16)21-14-18-22-23-19(25-4)24(18)15-10-6-5-7-11-15/h5-13,21H,14H2,1-4H3. The van der Waals surface area contributed by atoms with Gasteiger partial charge in [0.25, 0.3) is 0 Å². The first kappa shape index (κ1) is 17.0. The number of methoxy groups -OCH3 is 1. The highest BCUT2D eigenvalue weighted by Crippen LogP contribution is 2.29. The van der Waals surface area contributed by atoms with Crippen LogP contribution in [0.3, 0.4) is 0 Å². The van der Waals surface area contributed by atoms with Crippen LogP contribution in [0.4, 0.5) is 5.69 Å². The molecular weight excluding hydrogens is 312 g/mol. The van der Waals surface area contributed by atoms with Crippen LogP contribution in [0.15, 0.2) is 54.6 Å². The van der Waals surface area contributed by atoms with Gasteiger partial charge in [0.05, 0.1) is 19.3 Å². The van der Waals surface area contributed by atoms with Gasteiger partial charge in [0.15, 0.2) is 5.82 Å². The molecule has 0 radical (unpaired) electrons. The van der Waals surface area contributed by atoms with Crippen LogP contribution < -0.4 is 10.1 Å². The van der Waals surface area contributed by atoms with Gasteiger partial charge in [0, 0.05) is 5.69 Å². The summed E-state index contributed by atoms with van der Waals surface area (Å²) in [7, 11) is 1.61. The molecule has 0 aliphatic rings. The molecule has 0 aliphatic carbocycles. The van der Waals surface area contributed by atoms with Crippen LogP contribution >= 0.6 is 0 Å². The number of rotatable bonds is 5. The van der Waals surface area contributed by atoms with Gasteiger partial charge in [-0.1, -0.05) is 62.3 Å². The predicted molar refractivity (Wildman–Crippen MR) is 100 cm³/mol. The number of para-hydroxylation sites is 2. The molecule has 0 fully saturated rings. The molecule has 0 saturated heterocycles. The molecule has 0 atom stereocenters. The normalized spacial score (nSPS) is 11.4. The van der Waals surface area contributed by atoms with Crippen molar-refractivity contribution in [2.75, 3.05) is 12.4 Å². The molecule has 0 saturated carbocycles. The summed E-state index contributed by atoms with van der Waals surface area (Å²) in [6.07, 6.45) is 0. The second-order valence-corrected chi connectivity index (χ2v) is 6.92. The van der Waals surface area contributed by atoms with Crippen LogP contribution in [-0.2, 0) is 12.0 Å². The lowest BCUT2D eigenvalue weighted by Gasteiger charge is -2.23. The highest BCUT2D eigenvalue weighted by molar-refractivity contribution is 5.54. The summed E-state index contributed by atoms with van der Waals surface area (Å²) in [6.45, 7) is 7.19. The minimum absolute atomic E-state index is 0.0639. The third kappa shape index (κ3) is 3.65. The largest absolute Gasteiger partial charge is 0.467 e. The van der Waals surface area contributed by atoms with Crippen molar-refractivity contribution < 1.29 is 4.74 Å². The molecule has 0 amide bonds. The zero-order chi connectivity index (χ0) is 17.9. The van der Waals surface area contributed by atoms with Gasteiger partial charge in [-0.2, -0.15) is 0 Å². The average Bonchev–Trinajstić information content (AvgIpc) is 3.03. The van der Waals surface area contributed by atoms with Crippen LogP contribution in [0.2, 0.25) is 0 Å². The highest BCUT2D eigenvalue weighted by Gasteiger charge is 2.19. The van der Waals surface area contributed by atoms with E-state index < -0.39 is 0 Å². The fourth-order valence-corrected chi connectivity index (χ4v) is 2.85. The topological polar surface area (TPSA) is 52.0 Å². The lowest BCUT2D eigenvalue weighted by molar-refractivity contribution is 0.371. The first-order valence-corrected chi connectivity index (χ1v) is 8.38. The third-order valence-electron chi connectivity index (χ3n) is 4.07. The van der Waals surface area contributed by atoms with Gasteiger partial charge in [-0.3, -0.25) is 0 Å². The Morgan fingerprint density at radius 3 is 2.32 bits per heavy atom. The van der Waals surface area contributed by atoms with Crippen molar-refractivity contribution in [3.05, 3.63) is 66.0 Å². The van der Waals surface area contributed by atoms with E-state index in [1.165, 1.54) is 5.56 Å². The summed E-state index contributed by atoms with van der Waals surface area (Å²) in [5.74, 6) is 0.798. The molecular formula is C20H24N4O. The zero-order valence-corrected chi connectivity index (χ0v) is 15.2.